The molecule has 3 rings (SSSR count). The van der Waals surface area contributed by atoms with E-state index in [2.05, 4.69) is 40.0 Å². The van der Waals surface area contributed by atoms with Crippen LogP contribution in [0.3, 0.4) is 0 Å². The summed E-state index contributed by atoms with van der Waals surface area (Å²) in [6.07, 6.45) is 2.79. The highest BCUT2D eigenvalue weighted by molar-refractivity contribution is 5.58. The Morgan fingerprint density at radius 2 is 2.04 bits per heavy atom. The van der Waals surface area contributed by atoms with E-state index in [1.54, 1.807) is 0 Å². The van der Waals surface area contributed by atoms with E-state index in [0.717, 1.165) is 35.7 Å². The Labute approximate surface area is 136 Å². The van der Waals surface area contributed by atoms with Gasteiger partial charge in [0.2, 0.25) is 0 Å². The van der Waals surface area contributed by atoms with Crippen LogP contribution in [0.25, 0.3) is 0 Å². The topological polar surface area (TPSA) is 78.6 Å². The molecule has 1 aliphatic heterocycles. The summed E-state index contributed by atoms with van der Waals surface area (Å²) >= 11 is 0. The molecule has 0 fully saturated rings. The third-order valence-electron chi connectivity index (χ3n) is 4.33. The lowest BCUT2D eigenvalue weighted by molar-refractivity contribution is 0.662. The number of nitrogens with zero attached hydrogens (tertiary/aromatic N) is 6. The van der Waals surface area contributed by atoms with Crippen LogP contribution in [0.2, 0.25) is 0 Å². The average molecular weight is 308 g/mol. The van der Waals surface area contributed by atoms with Gasteiger partial charge in [-0.1, -0.05) is 13.8 Å². The van der Waals surface area contributed by atoms with Crippen LogP contribution < -0.4 is 4.90 Å². The van der Waals surface area contributed by atoms with E-state index in [1.807, 2.05) is 20.0 Å². The smallest absolute Gasteiger partial charge is 0.169 e. The van der Waals surface area contributed by atoms with E-state index in [-0.39, 0.29) is 0 Å². The number of rotatable bonds is 2. The van der Waals surface area contributed by atoms with E-state index < -0.39 is 0 Å². The molecule has 3 heterocycles. The van der Waals surface area contributed by atoms with Crippen LogP contribution in [0, 0.1) is 25.2 Å². The van der Waals surface area contributed by atoms with Crippen LogP contribution in [0.15, 0.2) is 6.20 Å². The highest BCUT2D eigenvalue weighted by Gasteiger charge is 2.23. The van der Waals surface area contributed by atoms with Crippen molar-refractivity contribution < 1.29 is 0 Å². The Hall–Kier alpha value is -2.55. The van der Waals surface area contributed by atoms with Crippen LogP contribution in [0.4, 0.5) is 5.82 Å². The summed E-state index contributed by atoms with van der Waals surface area (Å²) in [4.78, 5) is 11.2. The zero-order valence-corrected chi connectivity index (χ0v) is 14.0. The number of fused-ring (bicyclic) bond motifs is 1. The fourth-order valence-corrected chi connectivity index (χ4v) is 2.73. The van der Waals surface area contributed by atoms with Gasteiger partial charge in [0.05, 0.1) is 17.9 Å². The van der Waals surface area contributed by atoms with Crippen LogP contribution in [0.1, 0.15) is 53.7 Å². The molecule has 0 amide bonds. The Morgan fingerprint density at radius 1 is 1.26 bits per heavy atom. The van der Waals surface area contributed by atoms with Crippen molar-refractivity contribution in [2.45, 2.75) is 46.6 Å². The van der Waals surface area contributed by atoms with Gasteiger partial charge < -0.3 is 4.90 Å². The van der Waals surface area contributed by atoms with Crippen molar-refractivity contribution in [3.63, 3.8) is 0 Å². The van der Waals surface area contributed by atoms with Gasteiger partial charge in [-0.15, -0.1) is 5.10 Å². The summed E-state index contributed by atoms with van der Waals surface area (Å²) in [6, 6.07) is 2.28. The molecule has 0 N–H and O–H groups in total. The zero-order valence-electron chi connectivity index (χ0n) is 14.0. The maximum absolute atomic E-state index is 9.50. The molecule has 1 aliphatic rings. The van der Waals surface area contributed by atoms with Gasteiger partial charge in [0.1, 0.15) is 17.5 Å². The van der Waals surface area contributed by atoms with Gasteiger partial charge in [-0.3, -0.25) is 0 Å². The molecule has 0 aliphatic carbocycles. The first-order valence-electron chi connectivity index (χ1n) is 7.85. The maximum Gasteiger partial charge on any atom is 0.169 e. The molecule has 118 valence electrons. The molecule has 0 unspecified atom stereocenters. The minimum absolute atomic E-state index is 0.298. The Bertz CT molecular complexity index is 790. The largest absolute Gasteiger partial charge is 0.348 e. The first-order chi connectivity index (χ1) is 11.0. The SMILES string of the molecule is Cc1nnc(N2CCc3cnc(C(C)C)nc3C2)c(C#N)c1C. The van der Waals surface area contributed by atoms with Crippen LogP contribution in [-0.2, 0) is 13.0 Å². The van der Waals surface area contributed by atoms with Gasteiger partial charge in [-0.05, 0) is 31.4 Å². The normalized spacial score (nSPS) is 13.8. The van der Waals surface area contributed by atoms with Crippen LogP contribution in [0.5, 0.6) is 0 Å². The zero-order chi connectivity index (χ0) is 16.6. The van der Waals surface area contributed by atoms with Gasteiger partial charge in [0.15, 0.2) is 5.82 Å². The van der Waals surface area contributed by atoms with Crippen LogP contribution in [-0.4, -0.2) is 26.7 Å². The summed E-state index contributed by atoms with van der Waals surface area (Å²) in [7, 11) is 0. The van der Waals surface area contributed by atoms with Crippen molar-refractivity contribution in [3.05, 3.63) is 40.1 Å². The van der Waals surface area contributed by atoms with E-state index in [0.29, 0.717) is 23.8 Å². The molecule has 6 nitrogen and oxygen atoms in total. The van der Waals surface area contributed by atoms with E-state index in [9.17, 15) is 5.26 Å². The molecule has 0 bridgehead atoms. The van der Waals surface area contributed by atoms with Crippen molar-refractivity contribution >= 4 is 5.82 Å². The number of aryl methyl sites for hydroxylation is 1. The minimum Gasteiger partial charge on any atom is -0.348 e. The minimum atomic E-state index is 0.298. The van der Waals surface area contributed by atoms with Crippen molar-refractivity contribution in [3.8, 4) is 6.07 Å². The van der Waals surface area contributed by atoms with Crippen molar-refractivity contribution in [1.82, 2.24) is 20.2 Å². The predicted molar refractivity (Wildman–Crippen MR) is 87.1 cm³/mol. The highest BCUT2D eigenvalue weighted by atomic mass is 15.3. The Kier molecular flexibility index (Phi) is 3.95. The standard InChI is InChI=1S/C17H20N6/c1-10(2)16-19-8-13-5-6-23(9-15(13)20-16)17-14(7-18)11(3)12(4)21-22-17/h8,10H,5-6,9H2,1-4H3. The monoisotopic (exact) mass is 308 g/mol. The molecule has 2 aromatic rings. The van der Waals surface area contributed by atoms with Gasteiger partial charge in [0, 0.05) is 18.7 Å². The number of hydrogen-bond acceptors (Lipinski definition) is 6. The van der Waals surface area contributed by atoms with E-state index >= 15 is 0 Å². The number of aromatic nitrogens is 4. The molecule has 0 aromatic carbocycles. The summed E-state index contributed by atoms with van der Waals surface area (Å²) in [5, 5.41) is 18.0. The molecule has 6 heteroatoms. The van der Waals surface area contributed by atoms with Crippen molar-refractivity contribution in [1.29, 1.82) is 5.26 Å². The fourth-order valence-electron chi connectivity index (χ4n) is 2.73. The highest BCUT2D eigenvalue weighted by Crippen LogP contribution is 2.26. The molecule has 0 saturated heterocycles. The molecular weight excluding hydrogens is 288 g/mol. The third-order valence-corrected chi connectivity index (χ3v) is 4.33. The van der Waals surface area contributed by atoms with E-state index in [4.69, 9.17) is 4.98 Å². The fraction of sp³-hybridized carbons (Fsp3) is 0.471. The van der Waals surface area contributed by atoms with Gasteiger partial charge in [0.25, 0.3) is 0 Å². The molecule has 0 saturated carbocycles. The van der Waals surface area contributed by atoms with E-state index in [1.165, 1.54) is 5.56 Å². The quantitative estimate of drug-likeness (QED) is 0.848. The second-order valence-electron chi connectivity index (χ2n) is 6.25. The first-order valence-corrected chi connectivity index (χ1v) is 7.85. The number of hydrogen-bond donors (Lipinski definition) is 0. The molecule has 0 radical (unpaired) electrons. The maximum atomic E-state index is 9.50. The number of anilines is 1. The molecule has 2 aromatic heterocycles. The lowest BCUT2D eigenvalue weighted by Gasteiger charge is -2.29. The van der Waals surface area contributed by atoms with Gasteiger partial charge in [-0.25, -0.2) is 9.97 Å². The summed E-state index contributed by atoms with van der Waals surface area (Å²) in [5.41, 5.74) is 4.51. The van der Waals surface area contributed by atoms with Crippen molar-refractivity contribution in [2.75, 3.05) is 11.4 Å². The molecular formula is C17H20N6. The Morgan fingerprint density at radius 3 is 2.74 bits per heavy atom. The first kappa shape index (κ1) is 15.3. The van der Waals surface area contributed by atoms with Crippen LogP contribution >= 0.6 is 0 Å². The summed E-state index contributed by atoms with van der Waals surface area (Å²) < 4.78 is 0. The average Bonchev–Trinajstić information content (AvgIpc) is 2.56. The predicted octanol–water partition coefficient (Wildman–Crippen LogP) is 2.44. The van der Waals surface area contributed by atoms with Crippen molar-refractivity contribution in [2.24, 2.45) is 0 Å². The number of nitriles is 1. The lowest BCUT2D eigenvalue weighted by atomic mass is 10.0. The molecule has 23 heavy (non-hydrogen) atoms. The Balaban J connectivity index is 1.98. The molecule has 0 spiro atoms. The summed E-state index contributed by atoms with van der Waals surface area (Å²) in [6.45, 7) is 9.41. The second kappa shape index (κ2) is 5.92. The van der Waals surface area contributed by atoms with Gasteiger partial charge >= 0.3 is 0 Å². The summed E-state index contributed by atoms with van der Waals surface area (Å²) in [5.74, 6) is 1.81. The van der Waals surface area contributed by atoms with Gasteiger partial charge in [-0.2, -0.15) is 10.4 Å². The lowest BCUT2D eigenvalue weighted by Crippen LogP contribution is -2.33. The second-order valence-corrected chi connectivity index (χ2v) is 6.25. The molecule has 0 atom stereocenters. The third kappa shape index (κ3) is 2.74.